The van der Waals surface area contributed by atoms with Crippen molar-refractivity contribution in [2.75, 3.05) is 18.4 Å². The number of aryl methyl sites for hydroxylation is 2. The molecule has 0 spiro atoms. The summed E-state index contributed by atoms with van der Waals surface area (Å²) in [7, 11) is -1.97. The molecule has 3 heterocycles. The second-order valence-electron chi connectivity index (χ2n) is 8.03. The minimum atomic E-state index is -3.65. The number of benzene rings is 1. The van der Waals surface area contributed by atoms with Gasteiger partial charge in [0.1, 0.15) is 18.3 Å². The van der Waals surface area contributed by atoms with Gasteiger partial charge in [0.05, 0.1) is 11.1 Å². The number of hydrogen-bond acceptors (Lipinski definition) is 6. The highest BCUT2D eigenvalue weighted by atomic mass is 32.2. The summed E-state index contributed by atoms with van der Waals surface area (Å²) in [4.78, 5) is 29.5. The molecule has 1 aliphatic heterocycles. The Bertz CT molecular complexity index is 1320. The molecule has 170 valence electrons. The predicted octanol–water partition coefficient (Wildman–Crippen LogP) is 1.64. The van der Waals surface area contributed by atoms with Gasteiger partial charge in [-0.05, 0) is 37.5 Å². The van der Waals surface area contributed by atoms with E-state index >= 15 is 0 Å². The van der Waals surface area contributed by atoms with Crippen molar-refractivity contribution < 1.29 is 13.2 Å². The van der Waals surface area contributed by atoms with Crippen LogP contribution in [0.25, 0.3) is 11.0 Å². The van der Waals surface area contributed by atoms with Crippen molar-refractivity contribution in [2.24, 2.45) is 7.05 Å². The normalized spacial score (nSPS) is 15.6. The topological polar surface area (TPSA) is 119 Å². The SMILES string of the molecule is Cc1ccc(NC(=O)Cn2cnc3c(cnn3C)c2=O)cc1S(=O)(=O)N1CCCCCC1. The van der Waals surface area contributed by atoms with E-state index in [1.54, 1.807) is 26.1 Å². The van der Waals surface area contributed by atoms with Crippen molar-refractivity contribution in [3.8, 4) is 0 Å². The first-order valence-electron chi connectivity index (χ1n) is 10.5. The number of amides is 1. The number of aromatic nitrogens is 4. The van der Waals surface area contributed by atoms with Gasteiger partial charge in [-0.3, -0.25) is 18.8 Å². The average molecular weight is 459 g/mol. The van der Waals surface area contributed by atoms with Crippen molar-refractivity contribution in [1.29, 1.82) is 0 Å². The number of fused-ring (bicyclic) bond motifs is 1. The Morgan fingerprint density at radius 3 is 2.59 bits per heavy atom. The number of sulfonamides is 1. The molecule has 1 aromatic carbocycles. The highest BCUT2D eigenvalue weighted by Gasteiger charge is 2.27. The fourth-order valence-electron chi connectivity index (χ4n) is 3.91. The third kappa shape index (κ3) is 4.30. The maximum absolute atomic E-state index is 13.2. The third-order valence-corrected chi connectivity index (χ3v) is 7.73. The molecule has 1 amide bonds. The summed E-state index contributed by atoms with van der Waals surface area (Å²) in [6, 6.07) is 4.81. The van der Waals surface area contributed by atoms with Crippen LogP contribution < -0.4 is 10.9 Å². The summed E-state index contributed by atoms with van der Waals surface area (Å²) >= 11 is 0. The van der Waals surface area contributed by atoms with Crippen molar-refractivity contribution >= 4 is 32.7 Å². The fraction of sp³-hybridized carbons (Fsp3) is 0.429. The number of hydrogen-bond donors (Lipinski definition) is 1. The van der Waals surface area contributed by atoms with Gasteiger partial charge in [0.2, 0.25) is 15.9 Å². The predicted molar refractivity (Wildman–Crippen MR) is 120 cm³/mol. The first-order valence-corrected chi connectivity index (χ1v) is 12.0. The van der Waals surface area contributed by atoms with Crippen molar-refractivity contribution in [1.82, 2.24) is 23.6 Å². The van der Waals surface area contributed by atoms with E-state index in [9.17, 15) is 18.0 Å². The largest absolute Gasteiger partial charge is 0.324 e. The molecule has 2 aromatic heterocycles. The van der Waals surface area contributed by atoms with Crippen molar-refractivity contribution in [2.45, 2.75) is 44.0 Å². The first kappa shape index (κ1) is 22.2. The van der Waals surface area contributed by atoms with Crippen LogP contribution in [0.15, 0.2) is 40.4 Å². The highest BCUT2D eigenvalue weighted by molar-refractivity contribution is 7.89. The molecule has 0 saturated carbocycles. The van der Waals surface area contributed by atoms with Crippen LogP contribution in [-0.4, -0.2) is 51.1 Å². The van der Waals surface area contributed by atoms with Crippen LogP contribution in [0, 0.1) is 6.92 Å². The summed E-state index contributed by atoms with van der Waals surface area (Å²) in [6.07, 6.45) is 6.47. The zero-order chi connectivity index (χ0) is 22.9. The maximum Gasteiger partial charge on any atom is 0.264 e. The van der Waals surface area contributed by atoms with Crippen LogP contribution in [0.3, 0.4) is 0 Å². The standard InChI is InChI=1S/C21H26N6O4S/c1-15-7-8-16(11-18(15)32(30,31)27-9-5-3-4-6-10-27)24-19(28)13-26-14-22-20-17(21(26)29)12-23-25(20)2/h7-8,11-12,14H,3-6,9-10,13H2,1-2H3,(H,24,28). The van der Waals surface area contributed by atoms with Crippen LogP contribution in [0.4, 0.5) is 5.69 Å². The van der Waals surface area contributed by atoms with Crippen LogP contribution >= 0.6 is 0 Å². The molecule has 0 atom stereocenters. The Morgan fingerprint density at radius 1 is 1.16 bits per heavy atom. The monoisotopic (exact) mass is 458 g/mol. The van der Waals surface area contributed by atoms with Gasteiger partial charge in [0.15, 0.2) is 5.65 Å². The summed E-state index contributed by atoms with van der Waals surface area (Å²) in [6.45, 7) is 2.50. The van der Waals surface area contributed by atoms with E-state index in [2.05, 4.69) is 15.4 Å². The van der Waals surface area contributed by atoms with Crippen LogP contribution in [0.5, 0.6) is 0 Å². The Morgan fingerprint density at radius 2 is 1.88 bits per heavy atom. The Kier molecular flexibility index (Phi) is 6.11. The first-order chi connectivity index (χ1) is 15.3. The molecular weight excluding hydrogens is 432 g/mol. The Balaban J connectivity index is 1.54. The smallest absolute Gasteiger partial charge is 0.264 e. The molecule has 3 aromatic rings. The van der Waals surface area contributed by atoms with Crippen LogP contribution in [0.2, 0.25) is 0 Å². The summed E-state index contributed by atoms with van der Waals surface area (Å²) in [5.74, 6) is -0.459. The molecule has 11 heteroatoms. The van der Waals surface area contributed by atoms with Crippen LogP contribution in [0.1, 0.15) is 31.2 Å². The molecule has 10 nitrogen and oxygen atoms in total. The number of carbonyl (C=O) groups is 1. The van der Waals surface area contributed by atoms with E-state index in [0.29, 0.717) is 35.4 Å². The van der Waals surface area contributed by atoms with Gasteiger partial charge in [0.25, 0.3) is 5.56 Å². The minimum Gasteiger partial charge on any atom is -0.324 e. The number of anilines is 1. The number of nitrogens with one attached hydrogen (secondary N) is 1. The lowest BCUT2D eigenvalue weighted by atomic mass is 10.2. The zero-order valence-electron chi connectivity index (χ0n) is 18.1. The molecule has 1 saturated heterocycles. The summed E-state index contributed by atoms with van der Waals surface area (Å²) < 4.78 is 30.6. The van der Waals surface area contributed by atoms with E-state index < -0.39 is 15.9 Å². The van der Waals surface area contributed by atoms with Gasteiger partial charge >= 0.3 is 0 Å². The second-order valence-corrected chi connectivity index (χ2v) is 9.94. The number of carbonyl (C=O) groups excluding carboxylic acids is 1. The van der Waals surface area contributed by atoms with E-state index in [0.717, 1.165) is 25.7 Å². The number of nitrogens with zero attached hydrogens (tertiary/aromatic N) is 5. The molecule has 1 N–H and O–H groups in total. The number of rotatable bonds is 5. The van der Waals surface area contributed by atoms with Gasteiger partial charge in [-0.25, -0.2) is 13.4 Å². The third-order valence-electron chi connectivity index (χ3n) is 5.69. The molecule has 0 unspecified atom stereocenters. The lowest BCUT2D eigenvalue weighted by Crippen LogP contribution is -2.32. The lowest BCUT2D eigenvalue weighted by Gasteiger charge is -2.21. The molecular formula is C21H26N6O4S. The van der Waals surface area contributed by atoms with E-state index in [4.69, 9.17) is 0 Å². The summed E-state index contributed by atoms with van der Waals surface area (Å²) in [5.41, 5.74) is 1.05. The highest BCUT2D eigenvalue weighted by Crippen LogP contribution is 2.25. The molecule has 0 bridgehead atoms. The van der Waals surface area contributed by atoms with E-state index in [-0.39, 0.29) is 17.0 Å². The molecule has 1 aliphatic rings. The van der Waals surface area contributed by atoms with Crippen molar-refractivity contribution in [3.63, 3.8) is 0 Å². The zero-order valence-corrected chi connectivity index (χ0v) is 18.9. The van der Waals surface area contributed by atoms with Gasteiger partial charge < -0.3 is 5.32 Å². The van der Waals surface area contributed by atoms with Crippen LogP contribution in [-0.2, 0) is 28.4 Å². The molecule has 4 rings (SSSR count). The quantitative estimate of drug-likeness (QED) is 0.621. The maximum atomic E-state index is 13.2. The molecule has 0 radical (unpaired) electrons. The van der Waals surface area contributed by atoms with E-state index in [1.807, 2.05) is 0 Å². The summed E-state index contributed by atoms with van der Waals surface area (Å²) in [5, 5.41) is 7.03. The lowest BCUT2D eigenvalue weighted by molar-refractivity contribution is -0.116. The van der Waals surface area contributed by atoms with Gasteiger partial charge in [-0.1, -0.05) is 18.9 Å². The minimum absolute atomic E-state index is 0.188. The van der Waals surface area contributed by atoms with Gasteiger partial charge in [0, 0.05) is 25.8 Å². The van der Waals surface area contributed by atoms with Crippen molar-refractivity contribution in [3.05, 3.63) is 46.6 Å². The van der Waals surface area contributed by atoms with E-state index in [1.165, 1.54) is 32.1 Å². The van der Waals surface area contributed by atoms with Gasteiger partial charge in [-0.15, -0.1) is 0 Å². The molecule has 1 fully saturated rings. The fourth-order valence-corrected chi connectivity index (χ4v) is 5.68. The molecule has 0 aliphatic carbocycles. The molecule has 32 heavy (non-hydrogen) atoms. The Labute approximate surface area is 185 Å². The average Bonchev–Trinajstić information content (AvgIpc) is 2.95. The van der Waals surface area contributed by atoms with Gasteiger partial charge in [-0.2, -0.15) is 9.40 Å². The Hall–Kier alpha value is -3.05. The second kappa shape index (κ2) is 8.83.